The average molecular weight is 654 g/mol. The molecule has 11 nitrogen and oxygen atoms in total. The molecule has 1 atom stereocenters. The van der Waals surface area contributed by atoms with Crippen molar-refractivity contribution in [3.63, 3.8) is 0 Å². The van der Waals surface area contributed by atoms with E-state index >= 15 is 4.39 Å². The number of fused-ring (bicyclic) bond motifs is 1. The molecule has 1 unspecified atom stereocenters. The molecule has 0 spiro atoms. The van der Waals surface area contributed by atoms with Crippen LogP contribution in [0.15, 0.2) is 12.1 Å². The summed E-state index contributed by atoms with van der Waals surface area (Å²) >= 11 is 0. The average Bonchev–Trinajstić information content (AvgIpc) is 3.26. The van der Waals surface area contributed by atoms with Gasteiger partial charge in [0.1, 0.15) is 11.9 Å². The maximum atomic E-state index is 15.3. The summed E-state index contributed by atoms with van der Waals surface area (Å²) in [7, 11) is 0. The second kappa shape index (κ2) is 14.0. The van der Waals surface area contributed by atoms with Gasteiger partial charge in [0.05, 0.1) is 16.8 Å². The Labute approximate surface area is 263 Å². The number of halogens is 4. The first-order valence-electron chi connectivity index (χ1n) is 15.9. The molecule has 1 aromatic carbocycles. The number of benzene rings is 1. The monoisotopic (exact) mass is 653 g/mol. The predicted octanol–water partition coefficient (Wildman–Crippen LogP) is 2.79. The second-order valence-electron chi connectivity index (χ2n) is 12.8. The van der Waals surface area contributed by atoms with E-state index in [0.717, 1.165) is 42.8 Å². The fourth-order valence-electron chi connectivity index (χ4n) is 7.37. The summed E-state index contributed by atoms with van der Waals surface area (Å²) in [4.78, 5) is 64.4. The van der Waals surface area contributed by atoms with Crippen molar-refractivity contribution in [2.45, 2.75) is 63.6 Å². The lowest BCUT2D eigenvalue weighted by Crippen LogP contribution is -2.54. The van der Waals surface area contributed by atoms with Gasteiger partial charge < -0.3 is 20.2 Å². The molecule has 46 heavy (non-hydrogen) atoms. The Kier molecular flexibility index (Phi) is 10.3. The largest absolute Gasteiger partial charge is 0.490 e. The van der Waals surface area contributed by atoms with E-state index in [1.807, 2.05) is 4.90 Å². The van der Waals surface area contributed by atoms with E-state index in [2.05, 4.69) is 15.5 Å². The molecular formula is C31H39F4N5O6. The summed E-state index contributed by atoms with van der Waals surface area (Å²) in [6, 6.07) is 1.57. The first kappa shape index (κ1) is 33.8. The van der Waals surface area contributed by atoms with Crippen molar-refractivity contribution in [2.24, 2.45) is 17.8 Å². The number of anilines is 1. The predicted molar refractivity (Wildman–Crippen MR) is 156 cm³/mol. The number of carbonyl (C=O) groups excluding carboxylic acids is 4. The molecule has 5 heterocycles. The number of alkyl halides is 3. The lowest BCUT2D eigenvalue weighted by molar-refractivity contribution is -0.192. The van der Waals surface area contributed by atoms with Crippen LogP contribution in [0.5, 0.6) is 0 Å². The minimum atomic E-state index is -5.08. The lowest BCUT2D eigenvalue weighted by atomic mass is 9.78. The van der Waals surface area contributed by atoms with Gasteiger partial charge in [-0.1, -0.05) is 0 Å². The number of carboxylic acid groups (broad SMARTS) is 1. The van der Waals surface area contributed by atoms with Gasteiger partial charge in [0, 0.05) is 26.1 Å². The van der Waals surface area contributed by atoms with Crippen molar-refractivity contribution in [1.29, 1.82) is 0 Å². The minimum absolute atomic E-state index is 0.0166. The molecule has 0 bridgehead atoms. The van der Waals surface area contributed by atoms with Gasteiger partial charge in [0.15, 0.2) is 0 Å². The number of hydrogen-bond donors (Lipinski definition) is 3. The van der Waals surface area contributed by atoms with Crippen LogP contribution in [0.4, 0.5) is 23.2 Å². The first-order chi connectivity index (χ1) is 21.8. The number of piperidine rings is 4. The number of carboxylic acids is 1. The van der Waals surface area contributed by atoms with Crippen LogP contribution in [-0.4, -0.2) is 103 Å². The summed E-state index contributed by atoms with van der Waals surface area (Å²) < 4.78 is 47.0. The topological polar surface area (TPSA) is 139 Å². The van der Waals surface area contributed by atoms with E-state index in [4.69, 9.17) is 9.90 Å². The van der Waals surface area contributed by atoms with E-state index in [9.17, 15) is 32.3 Å². The Morgan fingerprint density at radius 1 is 0.848 bits per heavy atom. The summed E-state index contributed by atoms with van der Waals surface area (Å²) in [6.07, 6.45) is 2.06. The van der Waals surface area contributed by atoms with Crippen LogP contribution in [0.25, 0.3) is 0 Å². The summed E-state index contributed by atoms with van der Waals surface area (Å²) in [5.41, 5.74) is 0.455. The van der Waals surface area contributed by atoms with Crippen LogP contribution in [-0.2, 0) is 14.4 Å². The highest BCUT2D eigenvalue weighted by Gasteiger charge is 2.45. The molecule has 3 N–H and O–H groups in total. The van der Waals surface area contributed by atoms with Crippen molar-refractivity contribution >= 4 is 35.3 Å². The number of nitrogens with zero attached hydrogens (tertiary/aromatic N) is 3. The van der Waals surface area contributed by atoms with Crippen LogP contribution in [0, 0.1) is 23.6 Å². The van der Waals surface area contributed by atoms with Crippen molar-refractivity contribution in [1.82, 2.24) is 20.4 Å². The standard InChI is InChI=1S/C29H38FN5O4.C2HF3O2/c30-23-15-21-22(29(39)35(28(21)38)24-1-2-26(36)32-27(24)37)16-25(23)34-13-7-20(8-14-34)19-5-11-33(12-6-19)17-18-3-9-31-10-4-18;3-2(4,5)1(6)7/h15-16,18-20,24,31H,1-14,17H2,(H,32,36,37);(H,6,7). The van der Waals surface area contributed by atoms with Crippen LogP contribution >= 0.6 is 0 Å². The number of nitrogens with one attached hydrogen (secondary N) is 2. The molecule has 4 fully saturated rings. The number of imide groups is 2. The molecule has 0 radical (unpaired) electrons. The molecule has 4 amide bonds. The molecule has 5 aliphatic heterocycles. The molecule has 0 aromatic heterocycles. The van der Waals surface area contributed by atoms with Crippen LogP contribution < -0.4 is 15.5 Å². The van der Waals surface area contributed by atoms with E-state index < -0.39 is 47.6 Å². The van der Waals surface area contributed by atoms with Crippen molar-refractivity contribution < 1.29 is 46.6 Å². The highest BCUT2D eigenvalue weighted by Crippen LogP contribution is 2.37. The number of carbonyl (C=O) groups is 5. The molecule has 6 rings (SSSR count). The zero-order valence-corrected chi connectivity index (χ0v) is 25.4. The van der Waals surface area contributed by atoms with Gasteiger partial charge in [-0.3, -0.25) is 29.4 Å². The van der Waals surface area contributed by atoms with Crippen LogP contribution in [0.3, 0.4) is 0 Å². The number of aliphatic carboxylic acids is 1. The molecule has 5 aliphatic rings. The van der Waals surface area contributed by atoms with E-state index in [1.165, 1.54) is 51.4 Å². The van der Waals surface area contributed by atoms with Gasteiger partial charge in [-0.2, -0.15) is 13.2 Å². The normalized spacial score (nSPS) is 24.0. The fraction of sp³-hybridized carbons (Fsp3) is 0.645. The number of amides is 4. The van der Waals surface area contributed by atoms with Gasteiger partial charge in [0.25, 0.3) is 11.8 Å². The third-order valence-electron chi connectivity index (χ3n) is 9.90. The highest BCUT2D eigenvalue weighted by molar-refractivity contribution is 6.23. The summed E-state index contributed by atoms with van der Waals surface area (Å²) in [5.74, 6) is -3.48. The zero-order valence-electron chi connectivity index (χ0n) is 25.4. The first-order valence-corrected chi connectivity index (χ1v) is 15.9. The van der Waals surface area contributed by atoms with Gasteiger partial charge in [0.2, 0.25) is 11.8 Å². The van der Waals surface area contributed by atoms with Crippen LogP contribution in [0.2, 0.25) is 0 Å². The Hall–Kier alpha value is -3.59. The Bertz CT molecular complexity index is 1350. The highest BCUT2D eigenvalue weighted by atomic mass is 19.4. The molecule has 15 heteroatoms. The van der Waals surface area contributed by atoms with Crippen molar-refractivity contribution in [3.8, 4) is 0 Å². The number of likely N-dealkylation sites (tertiary alicyclic amines) is 1. The van der Waals surface area contributed by atoms with Gasteiger partial charge in [-0.05, 0) is 101 Å². The number of rotatable bonds is 5. The van der Waals surface area contributed by atoms with E-state index in [0.29, 0.717) is 30.6 Å². The third-order valence-corrected chi connectivity index (χ3v) is 9.90. The summed E-state index contributed by atoms with van der Waals surface area (Å²) in [5, 5.41) is 12.8. The molecule has 0 aliphatic carbocycles. The Balaban J connectivity index is 0.000000537. The van der Waals surface area contributed by atoms with Gasteiger partial charge in [-0.15, -0.1) is 0 Å². The molecule has 1 aromatic rings. The van der Waals surface area contributed by atoms with E-state index in [-0.39, 0.29) is 24.0 Å². The molecule has 0 saturated carbocycles. The van der Waals surface area contributed by atoms with Gasteiger partial charge in [-0.25, -0.2) is 9.18 Å². The SMILES string of the molecule is O=C(O)C(F)(F)F.O=C1CCC(N2C(=O)c3cc(F)c(N4CCC(C5CCN(CC6CCNCC6)CC5)CC4)cc3C2=O)C(=O)N1. The van der Waals surface area contributed by atoms with Crippen LogP contribution in [0.1, 0.15) is 72.1 Å². The maximum absolute atomic E-state index is 15.3. The maximum Gasteiger partial charge on any atom is 0.490 e. The third kappa shape index (κ3) is 7.51. The Morgan fingerprint density at radius 2 is 1.39 bits per heavy atom. The van der Waals surface area contributed by atoms with E-state index in [1.54, 1.807) is 0 Å². The lowest BCUT2D eigenvalue weighted by Gasteiger charge is -2.41. The summed E-state index contributed by atoms with van der Waals surface area (Å²) in [6.45, 7) is 7.30. The Morgan fingerprint density at radius 3 is 1.93 bits per heavy atom. The van der Waals surface area contributed by atoms with Crippen molar-refractivity contribution in [3.05, 3.63) is 29.1 Å². The molecule has 252 valence electrons. The smallest absolute Gasteiger partial charge is 0.475 e. The van der Waals surface area contributed by atoms with Gasteiger partial charge >= 0.3 is 12.1 Å². The molecular weight excluding hydrogens is 614 g/mol. The van der Waals surface area contributed by atoms with Crippen molar-refractivity contribution in [2.75, 3.05) is 50.7 Å². The quantitative estimate of drug-likeness (QED) is 0.324. The minimum Gasteiger partial charge on any atom is -0.475 e. The second-order valence-corrected chi connectivity index (χ2v) is 12.8. The zero-order chi connectivity index (χ0) is 33.2. The fourth-order valence-corrected chi connectivity index (χ4v) is 7.37. The number of hydrogen-bond acceptors (Lipinski definition) is 8. The molecule has 4 saturated heterocycles.